The van der Waals surface area contributed by atoms with Crippen molar-refractivity contribution in [1.82, 2.24) is 10.2 Å². The minimum Gasteiger partial charge on any atom is -0.352 e. The molecular weight excluding hydrogens is 287 g/mol. The third kappa shape index (κ3) is 4.83. The molecular formula is C12H16BrFN2O. The molecule has 1 rings (SSSR count). The highest BCUT2D eigenvalue weighted by molar-refractivity contribution is 9.10. The molecule has 0 aliphatic heterocycles. The molecule has 0 aliphatic rings. The maximum absolute atomic E-state index is 13.4. The fraction of sp³-hybridized carbons (Fsp3) is 0.417. The summed E-state index contributed by atoms with van der Waals surface area (Å²) >= 11 is 3.21. The molecule has 0 bridgehead atoms. The van der Waals surface area contributed by atoms with Gasteiger partial charge in [0.25, 0.3) is 5.91 Å². The fourth-order valence-electron chi connectivity index (χ4n) is 1.36. The van der Waals surface area contributed by atoms with Gasteiger partial charge < -0.3 is 10.2 Å². The zero-order valence-corrected chi connectivity index (χ0v) is 11.6. The zero-order chi connectivity index (χ0) is 12.8. The van der Waals surface area contributed by atoms with E-state index in [4.69, 9.17) is 0 Å². The number of halogens is 2. The molecule has 0 spiro atoms. The van der Waals surface area contributed by atoms with Crippen molar-refractivity contribution in [2.24, 2.45) is 0 Å². The highest BCUT2D eigenvalue weighted by atomic mass is 79.9. The number of nitrogens with one attached hydrogen (secondary N) is 1. The third-order valence-electron chi connectivity index (χ3n) is 2.24. The van der Waals surface area contributed by atoms with Gasteiger partial charge in [-0.25, -0.2) is 4.39 Å². The molecule has 1 N–H and O–H groups in total. The first kappa shape index (κ1) is 14.1. The molecule has 94 valence electrons. The van der Waals surface area contributed by atoms with Gasteiger partial charge in [-0.05, 0) is 45.3 Å². The lowest BCUT2D eigenvalue weighted by Gasteiger charge is -2.10. The van der Waals surface area contributed by atoms with Crippen LogP contribution in [-0.2, 0) is 0 Å². The van der Waals surface area contributed by atoms with Crippen LogP contribution in [0.25, 0.3) is 0 Å². The lowest BCUT2D eigenvalue weighted by molar-refractivity contribution is 0.0948. The van der Waals surface area contributed by atoms with Crippen molar-refractivity contribution in [1.29, 1.82) is 0 Å². The predicted octanol–water partition coefficient (Wildman–Crippen LogP) is 2.27. The first-order valence-corrected chi connectivity index (χ1v) is 6.18. The first-order chi connectivity index (χ1) is 8.00. The van der Waals surface area contributed by atoms with E-state index in [1.54, 1.807) is 6.07 Å². The van der Waals surface area contributed by atoms with Crippen molar-refractivity contribution in [3.8, 4) is 0 Å². The van der Waals surface area contributed by atoms with E-state index in [9.17, 15) is 9.18 Å². The second-order valence-electron chi connectivity index (χ2n) is 4.04. The topological polar surface area (TPSA) is 32.3 Å². The summed E-state index contributed by atoms with van der Waals surface area (Å²) in [5.41, 5.74) is 0.0734. The van der Waals surface area contributed by atoms with Gasteiger partial charge in [-0.15, -0.1) is 0 Å². The van der Waals surface area contributed by atoms with Crippen molar-refractivity contribution in [2.75, 3.05) is 27.2 Å². The molecule has 1 amide bonds. The van der Waals surface area contributed by atoms with Crippen molar-refractivity contribution in [2.45, 2.75) is 6.42 Å². The molecule has 0 atom stereocenters. The monoisotopic (exact) mass is 302 g/mol. The number of benzene rings is 1. The number of amides is 1. The van der Waals surface area contributed by atoms with Crippen LogP contribution in [-0.4, -0.2) is 38.0 Å². The lowest BCUT2D eigenvalue weighted by atomic mass is 10.2. The SMILES string of the molecule is CN(C)CCCNC(=O)c1cc(Br)ccc1F. The van der Waals surface area contributed by atoms with Crippen LogP contribution in [0.1, 0.15) is 16.8 Å². The molecule has 0 aliphatic carbocycles. The van der Waals surface area contributed by atoms with Crippen molar-refractivity contribution >= 4 is 21.8 Å². The minimum atomic E-state index is -0.502. The van der Waals surface area contributed by atoms with Crippen molar-refractivity contribution in [3.63, 3.8) is 0 Å². The quantitative estimate of drug-likeness (QED) is 0.846. The van der Waals surface area contributed by atoms with Crippen LogP contribution in [0, 0.1) is 5.82 Å². The van der Waals surface area contributed by atoms with E-state index in [0.717, 1.165) is 13.0 Å². The Morgan fingerprint density at radius 3 is 2.82 bits per heavy atom. The van der Waals surface area contributed by atoms with Crippen LogP contribution < -0.4 is 5.32 Å². The second kappa shape index (κ2) is 6.71. The van der Waals surface area contributed by atoms with Gasteiger partial charge in [-0.1, -0.05) is 15.9 Å². The third-order valence-corrected chi connectivity index (χ3v) is 2.73. The molecule has 0 saturated heterocycles. The summed E-state index contributed by atoms with van der Waals surface area (Å²) in [6, 6.07) is 4.33. The maximum Gasteiger partial charge on any atom is 0.254 e. The molecule has 0 heterocycles. The van der Waals surface area contributed by atoms with Crippen LogP contribution in [0.15, 0.2) is 22.7 Å². The molecule has 5 heteroatoms. The van der Waals surface area contributed by atoms with Gasteiger partial charge in [0.1, 0.15) is 5.82 Å². The van der Waals surface area contributed by atoms with Crippen LogP contribution in [0.2, 0.25) is 0 Å². The molecule has 0 fully saturated rings. The highest BCUT2D eigenvalue weighted by Crippen LogP contribution is 2.15. The van der Waals surface area contributed by atoms with E-state index in [1.807, 2.05) is 19.0 Å². The minimum absolute atomic E-state index is 0.0734. The highest BCUT2D eigenvalue weighted by Gasteiger charge is 2.11. The Balaban J connectivity index is 2.49. The second-order valence-corrected chi connectivity index (χ2v) is 4.95. The smallest absolute Gasteiger partial charge is 0.254 e. The van der Waals surface area contributed by atoms with E-state index in [1.165, 1.54) is 12.1 Å². The lowest BCUT2D eigenvalue weighted by Crippen LogP contribution is -2.27. The standard InChI is InChI=1S/C12H16BrFN2O/c1-16(2)7-3-6-15-12(17)10-8-9(13)4-5-11(10)14/h4-5,8H,3,6-7H2,1-2H3,(H,15,17). The molecule has 0 aromatic heterocycles. The molecule has 3 nitrogen and oxygen atoms in total. The van der Waals surface area contributed by atoms with Gasteiger partial charge >= 0.3 is 0 Å². The molecule has 1 aromatic rings. The van der Waals surface area contributed by atoms with Crippen LogP contribution >= 0.6 is 15.9 Å². The van der Waals surface area contributed by atoms with Gasteiger partial charge in [0.2, 0.25) is 0 Å². The Hall–Kier alpha value is -0.940. The normalized spacial score (nSPS) is 10.6. The number of carbonyl (C=O) groups is 1. The van der Waals surface area contributed by atoms with Gasteiger partial charge in [-0.3, -0.25) is 4.79 Å². The average Bonchev–Trinajstić information content (AvgIpc) is 2.27. The van der Waals surface area contributed by atoms with E-state index in [-0.39, 0.29) is 11.5 Å². The fourth-order valence-corrected chi connectivity index (χ4v) is 1.73. The van der Waals surface area contributed by atoms with E-state index in [0.29, 0.717) is 11.0 Å². The van der Waals surface area contributed by atoms with E-state index >= 15 is 0 Å². The summed E-state index contributed by atoms with van der Waals surface area (Å²) in [5, 5.41) is 2.70. The van der Waals surface area contributed by atoms with Crippen LogP contribution in [0.3, 0.4) is 0 Å². The number of carbonyl (C=O) groups excluding carboxylic acids is 1. The Bertz CT molecular complexity index is 396. The van der Waals surface area contributed by atoms with Crippen molar-refractivity contribution in [3.05, 3.63) is 34.1 Å². The number of rotatable bonds is 5. The van der Waals surface area contributed by atoms with Gasteiger partial charge in [0.15, 0.2) is 0 Å². The predicted molar refractivity (Wildman–Crippen MR) is 69.6 cm³/mol. The largest absolute Gasteiger partial charge is 0.352 e. The summed E-state index contributed by atoms with van der Waals surface area (Å²) in [5.74, 6) is -0.874. The zero-order valence-electron chi connectivity index (χ0n) is 9.96. The van der Waals surface area contributed by atoms with Gasteiger partial charge in [-0.2, -0.15) is 0 Å². The molecule has 17 heavy (non-hydrogen) atoms. The van der Waals surface area contributed by atoms with Crippen LogP contribution in [0.5, 0.6) is 0 Å². The molecule has 0 radical (unpaired) electrons. The van der Waals surface area contributed by atoms with Crippen molar-refractivity contribution < 1.29 is 9.18 Å². The number of hydrogen-bond acceptors (Lipinski definition) is 2. The Morgan fingerprint density at radius 1 is 1.47 bits per heavy atom. The number of hydrogen-bond donors (Lipinski definition) is 1. The van der Waals surface area contributed by atoms with E-state index in [2.05, 4.69) is 21.2 Å². The summed E-state index contributed by atoms with van der Waals surface area (Å²) in [4.78, 5) is 13.7. The van der Waals surface area contributed by atoms with Gasteiger partial charge in [0, 0.05) is 11.0 Å². The summed E-state index contributed by atoms with van der Waals surface area (Å²) in [6.07, 6.45) is 0.842. The Kier molecular flexibility index (Phi) is 5.58. The summed E-state index contributed by atoms with van der Waals surface area (Å²) < 4.78 is 14.1. The molecule has 0 saturated carbocycles. The van der Waals surface area contributed by atoms with E-state index < -0.39 is 5.82 Å². The average molecular weight is 303 g/mol. The molecule has 1 aromatic carbocycles. The first-order valence-electron chi connectivity index (χ1n) is 5.38. The van der Waals surface area contributed by atoms with Gasteiger partial charge in [0.05, 0.1) is 5.56 Å². The summed E-state index contributed by atoms with van der Waals surface area (Å²) in [7, 11) is 3.94. The molecule has 0 unspecified atom stereocenters. The Labute approximate surface area is 109 Å². The van der Waals surface area contributed by atoms with Crippen LogP contribution in [0.4, 0.5) is 4.39 Å². The summed E-state index contributed by atoms with van der Waals surface area (Å²) in [6.45, 7) is 1.43. The number of nitrogens with zero attached hydrogens (tertiary/aromatic N) is 1. The maximum atomic E-state index is 13.4. The Morgan fingerprint density at radius 2 is 2.18 bits per heavy atom.